The first kappa shape index (κ1) is 14.2. The van der Waals surface area contributed by atoms with E-state index in [9.17, 15) is 14.7 Å². The zero-order chi connectivity index (χ0) is 14.2. The molecule has 1 N–H and O–H groups in total. The van der Waals surface area contributed by atoms with Gasteiger partial charge in [0.2, 0.25) is 5.91 Å². The van der Waals surface area contributed by atoms with E-state index in [0.717, 1.165) is 0 Å². The lowest BCUT2D eigenvalue weighted by atomic mass is 9.96. The summed E-state index contributed by atoms with van der Waals surface area (Å²) in [7, 11) is 1.55. The van der Waals surface area contributed by atoms with E-state index in [1.165, 1.54) is 17.2 Å². The number of hydrogen-bond acceptors (Lipinski definition) is 5. The Labute approximate surface area is 112 Å². The number of rotatable bonds is 3. The number of aliphatic hydroxyl groups is 1. The highest BCUT2D eigenvalue weighted by atomic mass is 16.6. The zero-order valence-corrected chi connectivity index (χ0v) is 11.3. The molecule has 0 aromatic carbocycles. The van der Waals surface area contributed by atoms with Crippen molar-refractivity contribution in [2.24, 2.45) is 5.92 Å². The van der Waals surface area contributed by atoms with Crippen LogP contribution in [0.3, 0.4) is 0 Å². The molecular weight excluding hydrogens is 250 g/mol. The summed E-state index contributed by atoms with van der Waals surface area (Å²) in [5.41, 5.74) is 0. The number of carbonyl (C=O) groups is 2. The van der Waals surface area contributed by atoms with Gasteiger partial charge >= 0.3 is 0 Å². The van der Waals surface area contributed by atoms with E-state index < -0.39 is 18.4 Å². The third kappa shape index (κ3) is 2.56. The minimum absolute atomic E-state index is 0.0474. The first-order valence-electron chi connectivity index (χ1n) is 6.34. The number of amides is 1. The number of allylic oxidation sites excluding steroid dienone is 1. The summed E-state index contributed by atoms with van der Waals surface area (Å²) in [4.78, 5) is 24.5. The van der Waals surface area contributed by atoms with Gasteiger partial charge < -0.3 is 14.6 Å². The number of ketones is 1. The number of nitrogens with zero attached hydrogens (tertiary/aromatic N) is 1. The molecule has 1 amide bonds. The van der Waals surface area contributed by atoms with E-state index in [4.69, 9.17) is 9.47 Å². The Morgan fingerprint density at radius 1 is 1.53 bits per heavy atom. The molecule has 1 fully saturated rings. The maximum Gasteiger partial charge on any atom is 0.236 e. The quantitative estimate of drug-likeness (QED) is 0.733. The van der Waals surface area contributed by atoms with Crippen LogP contribution in [0.2, 0.25) is 0 Å². The van der Waals surface area contributed by atoms with Gasteiger partial charge in [0.15, 0.2) is 12.0 Å². The van der Waals surface area contributed by atoms with Crippen LogP contribution in [-0.2, 0) is 19.1 Å². The number of ether oxygens (including phenoxy) is 2. The maximum absolute atomic E-state index is 11.9. The van der Waals surface area contributed by atoms with Gasteiger partial charge in [-0.2, -0.15) is 0 Å². The molecule has 2 rings (SSSR count). The Kier molecular flexibility index (Phi) is 4.03. The standard InChI is InChI=1S/C13H19NO5/c1-7-11(8(2)15)19-13(12(7)18-3)14-5-4-9(16)6-10(14)17/h4-5,7-8,11-13,15H,6H2,1-3H3/t7-,8?,11?,12-,13-/m1/s1. The molecular formula is C13H19NO5. The first-order chi connectivity index (χ1) is 8.95. The Morgan fingerprint density at radius 2 is 2.21 bits per heavy atom. The van der Waals surface area contributed by atoms with Gasteiger partial charge in [-0.1, -0.05) is 6.92 Å². The average Bonchev–Trinajstić information content (AvgIpc) is 2.66. The monoisotopic (exact) mass is 269 g/mol. The van der Waals surface area contributed by atoms with E-state index in [1.807, 2.05) is 6.92 Å². The lowest BCUT2D eigenvalue weighted by Crippen LogP contribution is -2.45. The normalized spacial score (nSPS) is 36.9. The molecule has 0 spiro atoms. The van der Waals surface area contributed by atoms with Gasteiger partial charge in [0.1, 0.15) is 6.10 Å². The fraction of sp³-hybridized carbons (Fsp3) is 0.692. The molecule has 0 aromatic rings. The van der Waals surface area contributed by atoms with Crippen molar-refractivity contribution in [3.63, 3.8) is 0 Å². The van der Waals surface area contributed by atoms with Crippen LogP contribution in [0.15, 0.2) is 12.3 Å². The number of aliphatic hydroxyl groups excluding tert-OH is 1. The molecule has 0 aliphatic carbocycles. The van der Waals surface area contributed by atoms with Gasteiger partial charge in [-0.3, -0.25) is 14.5 Å². The molecule has 19 heavy (non-hydrogen) atoms. The summed E-state index contributed by atoms with van der Waals surface area (Å²) < 4.78 is 11.1. The maximum atomic E-state index is 11.9. The first-order valence-corrected chi connectivity index (χ1v) is 6.34. The fourth-order valence-corrected chi connectivity index (χ4v) is 2.69. The van der Waals surface area contributed by atoms with Crippen LogP contribution in [0.1, 0.15) is 20.3 Å². The molecule has 2 aliphatic heterocycles. The van der Waals surface area contributed by atoms with Crippen LogP contribution in [0.5, 0.6) is 0 Å². The van der Waals surface area contributed by atoms with Gasteiger partial charge in [-0.25, -0.2) is 0 Å². The van der Waals surface area contributed by atoms with E-state index in [2.05, 4.69) is 0 Å². The molecule has 6 heteroatoms. The van der Waals surface area contributed by atoms with Crippen LogP contribution in [0, 0.1) is 5.92 Å². The molecule has 2 heterocycles. The molecule has 0 saturated carbocycles. The van der Waals surface area contributed by atoms with E-state index in [-0.39, 0.29) is 30.1 Å². The molecule has 2 aliphatic rings. The zero-order valence-electron chi connectivity index (χ0n) is 11.3. The van der Waals surface area contributed by atoms with Crippen molar-refractivity contribution < 1.29 is 24.2 Å². The minimum Gasteiger partial charge on any atom is -0.391 e. The molecule has 6 nitrogen and oxygen atoms in total. The third-order valence-electron chi connectivity index (χ3n) is 3.67. The van der Waals surface area contributed by atoms with Crippen molar-refractivity contribution in [3.05, 3.63) is 12.3 Å². The van der Waals surface area contributed by atoms with Crippen LogP contribution in [0.4, 0.5) is 0 Å². The second-order valence-electron chi connectivity index (χ2n) is 5.05. The molecule has 0 bridgehead atoms. The smallest absolute Gasteiger partial charge is 0.236 e. The Hall–Kier alpha value is -1.24. The van der Waals surface area contributed by atoms with Gasteiger partial charge in [-0.15, -0.1) is 0 Å². The third-order valence-corrected chi connectivity index (χ3v) is 3.67. The summed E-state index contributed by atoms with van der Waals surface area (Å²) in [6.45, 7) is 3.56. The van der Waals surface area contributed by atoms with Gasteiger partial charge in [0.05, 0.1) is 18.6 Å². The second kappa shape index (κ2) is 5.40. The van der Waals surface area contributed by atoms with E-state index in [0.29, 0.717) is 0 Å². The molecule has 5 atom stereocenters. The predicted molar refractivity (Wildman–Crippen MR) is 65.9 cm³/mol. The van der Waals surface area contributed by atoms with Crippen molar-refractivity contribution >= 4 is 11.7 Å². The van der Waals surface area contributed by atoms with Crippen LogP contribution in [0.25, 0.3) is 0 Å². The second-order valence-corrected chi connectivity index (χ2v) is 5.05. The van der Waals surface area contributed by atoms with Crippen molar-refractivity contribution in [2.45, 2.75) is 44.8 Å². The highest BCUT2D eigenvalue weighted by Crippen LogP contribution is 2.33. The largest absolute Gasteiger partial charge is 0.391 e. The van der Waals surface area contributed by atoms with Crippen molar-refractivity contribution in [2.75, 3.05) is 7.11 Å². The predicted octanol–water partition coefficient (Wildman–Crippen LogP) is 0.0583. The number of hydrogen-bond donors (Lipinski definition) is 1. The molecule has 0 radical (unpaired) electrons. The van der Waals surface area contributed by atoms with Crippen LogP contribution in [-0.4, -0.2) is 53.3 Å². The summed E-state index contributed by atoms with van der Waals surface area (Å²) in [5.74, 6) is -0.569. The summed E-state index contributed by atoms with van der Waals surface area (Å²) in [5, 5.41) is 9.70. The van der Waals surface area contributed by atoms with Crippen LogP contribution < -0.4 is 0 Å². The lowest BCUT2D eigenvalue weighted by molar-refractivity contribution is -0.151. The summed E-state index contributed by atoms with van der Waals surface area (Å²) >= 11 is 0. The van der Waals surface area contributed by atoms with E-state index >= 15 is 0 Å². The van der Waals surface area contributed by atoms with Crippen molar-refractivity contribution in [1.82, 2.24) is 4.90 Å². The average molecular weight is 269 g/mol. The summed E-state index contributed by atoms with van der Waals surface area (Å²) in [6.07, 6.45) is 0.662. The van der Waals surface area contributed by atoms with Gasteiger partial charge in [0.25, 0.3) is 0 Å². The lowest BCUT2D eigenvalue weighted by Gasteiger charge is -2.30. The topological polar surface area (TPSA) is 76.1 Å². The molecule has 0 aromatic heterocycles. The van der Waals surface area contributed by atoms with Crippen molar-refractivity contribution in [3.8, 4) is 0 Å². The Bertz CT molecular complexity index is 406. The fourth-order valence-electron chi connectivity index (χ4n) is 2.69. The number of methoxy groups -OCH3 is 1. The summed E-state index contributed by atoms with van der Waals surface area (Å²) in [6, 6.07) is 0. The molecule has 1 saturated heterocycles. The Morgan fingerprint density at radius 3 is 2.74 bits per heavy atom. The SMILES string of the molecule is CO[C@@H]1[C@H](C)C(C(C)O)O[C@H]1N1C=CC(=O)CC1=O. The minimum atomic E-state index is -0.650. The van der Waals surface area contributed by atoms with Crippen LogP contribution >= 0.6 is 0 Å². The van der Waals surface area contributed by atoms with E-state index in [1.54, 1.807) is 14.0 Å². The van der Waals surface area contributed by atoms with Gasteiger partial charge in [-0.05, 0) is 13.0 Å². The Balaban J connectivity index is 2.21. The molecule has 2 unspecified atom stereocenters. The highest BCUT2D eigenvalue weighted by Gasteiger charge is 2.48. The van der Waals surface area contributed by atoms with Crippen molar-refractivity contribution in [1.29, 1.82) is 0 Å². The number of carbonyl (C=O) groups excluding carboxylic acids is 2. The molecule has 106 valence electrons. The van der Waals surface area contributed by atoms with Gasteiger partial charge in [0, 0.05) is 19.2 Å². The highest BCUT2D eigenvalue weighted by molar-refractivity contribution is 6.06.